The largest absolute Gasteiger partial charge is 0.0654 e. The van der Waals surface area contributed by atoms with E-state index >= 15 is 0 Å². The first-order valence-electron chi connectivity index (χ1n) is 12.4. The van der Waals surface area contributed by atoms with Crippen LogP contribution < -0.4 is 0 Å². The number of hydrogen-bond acceptors (Lipinski definition) is 0. The minimum absolute atomic E-state index is 1.24. The molecule has 0 heteroatoms. The summed E-state index contributed by atoms with van der Waals surface area (Å²) in [7, 11) is 0. The molecule has 0 aliphatic heterocycles. The van der Waals surface area contributed by atoms with Gasteiger partial charge in [0.05, 0.1) is 0 Å². The zero-order valence-electron chi connectivity index (χ0n) is 18.6. The van der Waals surface area contributed by atoms with Crippen LogP contribution in [0.3, 0.4) is 0 Å². The molecule has 0 heterocycles. The Bertz CT molecular complexity index is 570. The highest BCUT2D eigenvalue weighted by Gasteiger charge is 2.06. The van der Waals surface area contributed by atoms with Crippen LogP contribution >= 0.6 is 0 Å². The van der Waals surface area contributed by atoms with E-state index < -0.39 is 0 Å². The number of hydrogen-bond donors (Lipinski definition) is 0. The summed E-state index contributed by atoms with van der Waals surface area (Å²) in [6.07, 6.45) is 24.3. The van der Waals surface area contributed by atoms with Gasteiger partial charge in [0.15, 0.2) is 0 Å². The van der Waals surface area contributed by atoms with E-state index in [-0.39, 0.29) is 0 Å². The van der Waals surface area contributed by atoms with Gasteiger partial charge < -0.3 is 0 Å². The van der Waals surface area contributed by atoms with Crippen molar-refractivity contribution in [2.75, 3.05) is 0 Å². The van der Waals surface area contributed by atoms with Crippen LogP contribution in [0.5, 0.6) is 0 Å². The van der Waals surface area contributed by atoms with E-state index in [1.54, 1.807) is 0 Å². The van der Waals surface area contributed by atoms with Gasteiger partial charge in [-0.05, 0) is 29.5 Å². The van der Waals surface area contributed by atoms with Crippen LogP contribution in [-0.4, -0.2) is 0 Å². The Morgan fingerprint density at radius 2 is 0.964 bits per heavy atom. The summed E-state index contributed by atoms with van der Waals surface area (Å²) in [5.74, 6) is 0. The van der Waals surface area contributed by atoms with Crippen molar-refractivity contribution in [1.29, 1.82) is 0 Å². The minimum Gasteiger partial charge on any atom is -0.0654 e. The smallest absolute Gasteiger partial charge is 0.0152 e. The van der Waals surface area contributed by atoms with E-state index in [1.807, 2.05) is 0 Å². The lowest BCUT2D eigenvalue weighted by Gasteiger charge is -2.04. The van der Waals surface area contributed by atoms with E-state index in [2.05, 4.69) is 49.4 Å². The first kappa shape index (κ1) is 23.0. The molecule has 28 heavy (non-hydrogen) atoms. The fourth-order valence-electron chi connectivity index (χ4n) is 4.36. The molecular weight excluding hydrogens is 336 g/mol. The molecule has 156 valence electrons. The van der Waals surface area contributed by atoms with Gasteiger partial charge in [-0.1, -0.05) is 146 Å². The molecule has 0 N–H and O–H groups in total. The van der Waals surface area contributed by atoms with Crippen molar-refractivity contribution in [3.8, 4) is 11.1 Å². The molecule has 0 bridgehead atoms. The highest BCUT2D eigenvalue weighted by atomic mass is 14.1. The highest BCUT2D eigenvalue weighted by Crippen LogP contribution is 2.28. The fraction of sp³-hybridized carbons (Fsp3) is 0.643. The third kappa shape index (κ3) is 9.76. The predicted molar refractivity (Wildman–Crippen MR) is 126 cm³/mol. The van der Waals surface area contributed by atoms with E-state index in [0.29, 0.717) is 0 Å². The predicted octanol–water partition coefficient (Wildman–Crippen LogP) is 9.60. The Balaban J connectivity index is 1.36. The normalized spacial score (nSPS) is 11.3. The molecule has 0 aromatic heterocycles. The van der Waals surface area contributed by atoms with Crippen molar-refractivity contribution < 1.29 is 0 Å². The summed E-state index contributed by atoms with van der Waals surface area (Å²) in [5.41, 5.74) is 4.37. The van der Waals surface area contributed by atoms with Gasteiger partial charge in [-0.15, -0.1) is 0 Å². The van der Waals surface area contributed by atoms with Crippen molar-refractivity contribution in [1.82, 2.24) is 0 Å². The summed E-state index contributed by atoms with van der Waals surface area (Å²) >= 11 is 0. The summed E-state index contributed by atoms with van der Waals surface area (Å²) in [6.45, 7) is 2.30. The van der Waals surface area contributed by atoms with E-state index in [4.69, 9.17) is 0 Å². The maximum atomic E-state index is 2.33. The highest BCUT2D eigenvalue weighted by molar-refractivity contribution is 5.70. The Kier molecular flexibility index (Phi) is 12.8. The SMILES string of the molecule is CCCCCCCCCCCCCCCCCCc1ccc2cccccc1-2. The second kappa shape index (κ2) is 15.6. The summed E-state index contributed by atoms with van der Waals surface area (Å²) in [5, 5.41) is 0. The maximum Gasteiger partial charge on any atom is -0.0152 e. The lowest BCUT2D eigenvalue weighted by atomic mass is 10.0. The third-order valence-corrected chi connectivity index (χ3v) is 6.18. The van der Waals surface area contributed by atoms with Crippen molar-refractivity contribution in [2.45, 2.75) is 116 Å². The van der Waals surface area contributed by atoms with Crippen LogP contribution in [0.4, 0.5) is 0 Å². The van der Waals surface area contributed by atoms with E-state index in [9.17, 15) is 0 Å². The molecule has 0 spiro atoms. The standard InChI is InChI=1S/C28H44/c1-2-3-4-5-6-7-8-9-10-11-12-13-14-15-16-18-21-26-24-25-27-22-19-17-20-23-28(26)27/h17,19-20,22-25H,2-16,18,21H2,1H3. The number of aryl methyl sites for hydroxylation is 1. The zero-order valence-corrected chi connectivity index (χ0v) is 18.6. The molecule has 0 fully saturated rings. The first-order valence-corrected chi connectivity index (χ1v) is 12.4. The monoisotopic (exact) mass is 380 g/mol. The van der Waals surface area contributed by atoms with Crippen LogP contribution in [0.15, 0.2) is 42.5 Å². The lowest BCUT2D eigenvalue weighted by Crippen LogP contribution is -1.86. The van der Waals surface area contributed by atoms with Gasteiger partial charge in [0.1, 0.15) is 0 Å². The van der Waals surface area contributed by atoms with Gasteiger partial charge in [-0.3, -0.25) is 0 Å². The summed E-state index contributed by atoms with van der Waals surface area (Å²) in [6, 6.07) is 15.5. The van der Waals surface area contributed by atoms with Gasteiger partial charge >= 0.3 is 0 Å². The molecule has 2 aliphatic carbocycles. The van der Waals surface area contributed by atoms with Crippen molar-refractivity contribution in [3.05, 3.63) is 48.0 Å². The maximum absolute atomic E-state index is 2.33. The quantitative estimate of drug-likeness (QED) is 0.240. The molecule has 0 unspecified atom stereocenters. The zero-order chi connectivity index (χ0) is 19.7. The molecule has 0 atom stereocenters. The molecule has 2 aliphatic rings. The average Bonchev–Trinajstić information content (AvgIpc) is 2.94. The van der Waals surface area contributed by atoms with Gasteiger partial charge in [0.2, 0.25) is 0 Å². The lowest BCUT2D eigenvalue weighted by molar-refractivity contribution is 0.529. The van der Waals surface area contributed by atoms with Crippen LogP contribution in [0, 0.1) is 0 Å². The molecule has 2 rings (SSSR count). The van der Waals surface area contributed by atoms with Gasteiger partial charge in [0, 0.05) is 0 Å². The fourth-order valence-corrected chi connectivity index (χ4v) is 4.36. The molecule has 0 aromatic carbocycles. The van der Waals surface area contributed by atoms with Crippen LogP contribution in [0.1, 0.15) is 115 Å². The molecule has 0 aromatic rings. The first-order chi connectivity index (χ1) is 13.9. The number of rotatable bonds is 17. The van der Waals surface area contributed by atoms with Gasteiger partial charge in [-0.25, -0.2) is 0 Å². The third-order valence-electron chi connectivity index (χ3n) is 6.18. The Morgan fingerprint density at radius 1 is 0.464 bits per heavy atom. The Morgan fingerprint density at radius 3 is 1.54 bits per heavy atom. The van der Waals surface area contributed by atoms with E-state index in [1.165, 1.54) is 126 Å². The minimum atomic E-state index is 1.24. The molecule has 0 nitrogen and oxygen atoms in total. The number of unbranched alkanes of at least 4 members (excludes halogenated alkanes) is 15. The Labute approximate surface area is 175 Å². The van der Waals surface area contributed by atoms with Crippen LogP contribution in [-0.2, 0) is 6.42 Å². The molecule has 0 saturated carbocycles. The molecule has 0 saturated heterocycles. The summed E-state index contributed by atoms with van der Waals surface area (Å²) < 4.78 is 0. The van der Waals surface area contributed by atoms with Gasteiger partial charge in [-0.2, -0.15) is 0 Å². The molecule has 0 radical (unpaired) electrons. The molecule has 0 amide bonds. The summed E-state index contributed by atoms with van der Waals surface area (Å²) in [4.78, 5) is 0. The van der Waals surface area contributed by atoms with Crippen molar-refractivity contribution in [3.63, 3.8) is 0 Å². The van der Waals surface area contributed by atoms with Crippen molar-refractivity contribution in [2.24, 2.45) is 0 Å². The molecular formula is C28H44. The second-order valence-corrected chi connectivity index (χ2v) is 8.69. The second-order valence-electron chi connectivity index (χ2n) is 8.69. The van der Waals surface area contributed by atoms with Crippen LogP contribution in [0.25, 0.3) is 11.1 Å². The van der Waals surface area contributed by atoms with E-state index in [0.717, 1.165) is 0 Å². The van der Waals surface area contributed by atoms with Crippen molar-refractivity contribution >= 4 is 0 Å². The average molecular weight is 381 g/mol. The number of fused-ring (bicyclic) bond motifs is 1. The Hall–Kier alpha value is -1.30. The van der Waals surface area contributed by atoms with Gasteiger partial charge in [0.25, 0.3) is 0 Å². The topological polar surface area (TPSA) is 0 Å². The van der Waals surface area contributed by atoms with Crippen LogP contribution in [0.2, 0.25) is 0 Å².